The maximum Gasteiger partial charge on any atom is 0.329 e. The van der Waals surface area contributed by atoms with Gasteiger partial charge in [-0.3, -0.25) is 19.6 Å². The highest BCUT2D eigenvalue weighted by Gasteiger charge is 2.34. The number of aryl methyl sites for hydroxylation is 1. The Morgan fingerprint density at radius 3 is 2.64 bits per heavy atom. The molecule has 1 aliphatic rings. The summed E-state index contributed by atoms with van der Waals surface area (Å²) in [6.07, 6.45) is 2.76. The second-order valence-corrected chi connectivity index (χ2v) is 8.00. The van der Waals surface area contributed by atoms with Gasteiger partial charge >= 0.3 is 6.03 Å². The summed E-state index contributed by atoms with van der Waals surface area (Å²) in [5, 5.41) is 15.2. The van der Waals surface area contributed by atoms with Gasteiger partial charge in [0.1, 0.15) is 5.70 Å². The third-order valence-electron chi connectivity index (χ3n) is 5.22. The second-order valence-electron chi connectivity index (χ2n) is 7.57. The van der Waals surface area contributed by atoms with Gasteiger partial charge in [0.2, 0.25) is 0 Å². The lowest BCUT2D eigenvalue weighted by atomic mass is 10.1. The third kappa shape index (κ3) is 4.45. The molecule has 0 saturated carbocycles. The van der Waals surface area contributed by atoms with Crippen LogP contribution in [-0.2, 0) is 17.8 Å². The molecule has 1 aliphatic heterocycles. The first-order valence-electron chi connectivity index (χ1n) is 10.3. The van der Waals surface area contributed by atoms with Crippen LogP contribution >= 0.6 is 11.6 Å². The fraction of sp³-hybridized carbons (Fsp3) is 0.167. The number of halogens is 1. The van der Waals surface area contributed by atoms with Crippen LogP contribution < -0.4 is 10.9 Å². The van der Waals surface area contributed by atoms with Crippen LogP contribution in [0.15, 0.2) is 59.0 Å². The van der Waals surface area contributed by atoms with Gasteiger partial charge in [-0.2, -0.15) is 5.26 Å². The first-order valence-corrected chi connectivity index (χ1v) is 10.7. The van der Waals surface area contributed by atoms with E-state index in [1.165, 1.54) is 10.8 Å². The van der Waals surface area contributed by atoms with E-state index in [2.05, 4.69) is 10.4 Å². The number of carbonyl (C=O) groups is 2. The van der Waals surface area contributed by atoms with E-state index in [9.17, 15) is 14.4 Å². The Bertz CT molecular complexity index is 1380. The Balaban J connectivity index is 1.68. The second kappa shape index (κ2) is 9.18. The quantitative estimate of drug-likeness (QED) is 0.430. The van der Waals surface area contributed by atoms with E-state index in [1.54, 1.807) is 48.5 Å². The van der Waals surface area contributed by atoms with E-state index in [0.717, 1.165) is 11.3 Å². The van der Waals surface area contributed by atoms with Crippen LogP contribution in [0.4, 0.5) is 4.79 Å². The van der Waals surface area contributed by atoms with E-state index in [1.807, 2.05) is 13.0 Å². The van der Waals surface area contributed by atoms with Crippen molar-refractivity contribution in [1.29, 1.82) is 5.26 Å². The van der Waals surface area contributed by atoms with Gasteiger partial charge in [0.05, 0.1) is 29.4 Å². The van der Waals surface area contributed by atoms with Crippen molar-refractivity contribution in [2.45, 2.75) is 26.3 Å². The summed E-state index contributed by atoms with van der Waals surface area (Å²) in [7, 11) is 0. The molecule has 0 unspecified atom stereocenters. The molecule has 2 heterocycles. The molecule has 8 nitrogen and oxygen atoms in total. The van der Waals surface area contributed by atoms with Crippen molar-refractivity contribution in [2.24, 2.45) is 0 Å². The predicted octanol–water partition coefficient (Wildman–Crippen LogP) is 3.74. The predicted molar refractivity (Wildman–Crippen MR) is 124 cm³/mol. The number of nitrogens with zero attached hydrogens (tertiary/aromatic N) is 3. The van der Waals surface area contributed by atoms with E-state index >= 15 is 0 Å². The van der Waals surface area contributed by atoms with Gasteiger partial charge in [-0.1, -0.05) is 43.1 Å². The Kier molecular flexibility index (Phi) is 6.16. The fourth-order valence-electron chi connectivity index (χ4n) is 3.66. The Labute approximate surface area is 194 Å². The van der Waals surface area contributed by atoms with E-state index in [0.29, 0.717) is 39.5 Å². The number of aromatic nitrogens is 2. The van der Waals surface area contributed by atoms with E-state index in [4.69, 9.17) is 16.9 Å². The van der Waals surface area contributed by atoms with Crippen LogP contribution in [-0.4, -0.2) is 26.6 Å². The Morgan fingerprint density at radius 2 is 1.91 bits per heavy atom. The standard InChI is InChI=1S/C24H20ClN5O3/c1-2-5-20-19(22(31)30(28-20)18-9-4-8-17(25)11-18)12-21-23(32)29(24(33)27-21)14-16-7-3-6-15(10-16)13-26/h3-4,6-12,28H,2,5,14H2,1H3,(H,27,33)/b21-12-. The minimum absolute atomic E-state index is 0.0131. The Hall–Kier alpha value is -4.09. The van der Waals surface area contributed by atoms with Gasteiger partial charge < -0.3 is 5.32 Å². The van der Waals surface area contributed by atoms with Gasteiger partial charge in [0.15, 0.2) is 0 Å². The van der Waals surface area contributed by atoms with Gasteiger partial charge in [0, 0.05) is 10.7 Å². The largest absolute Gasteiger partial charge is 0.329 e. The number of amides is 3. The highest BCUT2D eigenvalue weighted by Crippen LogP contribution is 2.20. The molecule has 0 bridgehead atoms. The maximum atomic E-state index is 13.2. The number of hydrogen-bond acceptors (Lipinski definition) is 4. The molecule has 0 spiro atoms. The summed E-state index contributed by atoms with van der Waals surface area (Å²) in [5.41, 5.74) is 2.27. The van der Waals surface area contributed by atoms with Gasteiger partial charge in [-0.25, -0.2) is 9.48 Å². The van der Waals surface area contributed by atoms with Crippen LogP contribution in [0.1, 0.15) is 35.7 Å². The number of rotatable bonds is 6. The first kappa shape index (κ1) is 22.1. The van der Waals surface area contributed by atoms with Crippen molar-refractivity contribution in [2.75, 3.05) is 0 Å². The van der Waals surface area contributed by atoms with Crippen LogP contribution in [0.5, 0.6) is 0 Å². The maximum absolute atomic E-state index is 13.2. The zero-order valence-electron chi connectivity index (χ0n) is 17.8. The number of aromatic amines is 1. The molecule has 1 saturated heterocycles. The molecule has 3 amide bonds. The van der Waals surface area contributed by atoms with Crippen LogP contribution in [0.25, 0.3) is 11.8 Å². The minimum atomic E-state index is -0.587. The van der Waals surface area contributed by atoms with Crippen molar-refractivity contribution in [1.82, 2.24) is 20.0 Å². The minimum Gasteiger partial charge on any atom is -0.303 e. The number of H-pyrrole nitrogens is 1. The molecule has 166 valence electrons. The summed E-state index contributed by atoms with van der Waals surface area (Å²) < 4.78 is 1.37. The monoisotopic (exact) mass is 461 g/mol. The highest BCUT2D eigenvalue weighted by molar-refractivity contribution is 6.30. The summed E-state index contributed by atoms with van der Waals surface area (Å²) >= 11 is 6.07. The fourth-order valence-corrected chi connectivity index (χ4v) is 3.85. The van der Waals surface area contributed by atoms with Crippen molar-refractivity contribution >= 4 is 29.6 Å². The summed E-state index contributed by atoms with van der Waals surface area (Å²) in [5.74, 6) is -0.542. The van der Waals surface area contributed by atoms with Crippen molar-refractivity contribution in [3.05, 3.63) is 92.0 Å². The third-order valence-corrected chi connectivity index (χ3v) is 5.45. The topological polar surface area (TPSA) is 111 Å². The average Bonchev–Trinajstić information content (AvgIpc) is 3.25. The number of nitriles is 1. The van der Waals surface area contributed by atoms with Crippen molar-refractivity contribution in [3.63, 3.8) is 0 Å². The molecule has 33 heavy (non-hydrogen) atoms. The molecule has 1 fully saturated rings. The smallest absolute Gasteiger partial charge is 0.303 e. The lowest BCUT2D eigenvalue weighted by Crippen LogP contribution is -2.30. The number of nitrogens with one attached hydrogen (secondary N) is 2. The molecular weight excluding hydrogens is 442 g/mol. The molecule has 1 aromatic heterocycles. The number of hydrogen-bond donors (Lipinski definition) is 2. The van der Waals surface area contributed by atoms with Crippen molar-refractivity contribution < 1.29 is 9.59 Å². The van der Waals surface area contributed by atoms with Gasteiger partial charge in [0.25, 0.3) is 11.5 Å². The van der Waals surface area contributed by atoms with Crippen LogP contribution in [0, 0.1) is 11.3 Å². The van der Waals surface area contributed by atoms with Gasteiger partial charge in [-0.05, 0) is 48.4 Å². The van der Waals surface area contributed by atoms with Gasteiger partial charge in [-0.15, -0.1) is 0 Å². The average molecular weight is 462 g/mol. The normalized spacial score (nSPS) is 14.6. The SMILES string of the molecule is CCCc1[nH]n(-c2cccc(Cl)c2)c(=O)c1/C=C1\NC(=O)N(Cc2cccc(C#N)c2)C1=O. The molecule has 0 radical (unpaired) electrons. The zero-order valence-corrected chi connectivity index (χ0v) is 18.5. The lowest BCUT2D eigenvalue weighted by molar-refractivity contribution is -0.123. The number of urea groups is 1. The number of imide groups is 1. The Morgan fingerprint density at radius 1 is 1.12 bits per heavy atom. The van der Waals surface area contributed by atoms with Crippen molar-refractivity contribution in [3.8, 4) is 11.8 Å². The molecule has 2 aromatic carbocycles. The summed E-state index contributed by atoms with van der Waals surface area (Å²) in [4.78, 5) is 39.7. The van der Waals surface area contributed by atoms with E-state index < -0.39 is 11.9 Å². The summed E-state index contributed by atoms with van der Waals surface area (Å²) in [6.45, 7) is 1.99. The van der Waals surface area contributed by atoms with Crippen LogP contribution in [0.2, 0.25) is 5.02 Å². The van der Waals surface area contributed by atoms with E-state index in [-0.39, 0.29) is 17.8 Å². The number of carbonyl (C=O) groups excluding carboxylic acids is 2. The number of benzene rings is 2. The molecular formula is C24H20ClN5O3. The zero-order chi connectivity index (χ0) is 23.5. The lowest BCUT2D eigenvalue weighted by Gasteiger charge is -2.11. The molecule has 3 aromatic rings. The molecule has 2 N–H and O–H groups in total. The molecule has 4 rings (SSSR count). The first-order chi connectivity index (χ1) is 15.9. The molecule has 0 aliphatic carbocycles. The molecule has 9 heteroatoms. The van der Waals surface area contributed by atoms with Crippen LogP contribution in [0.3, 0.4) is 0 Å². The molecule has 0 atom stereocenters. The highest BCUT2D eigenvalue weighted by atomic mass is 35.5. The summed E-state index contributed by atoms with van der Waals surface area (Å²) in [6, 6.07) is 15.0.